The molecule has 40 heavy (non-hydrogen) atoms. The third-order valence-corrected chi connectivity index (χ3v) is 7.95. The molecule has 0 unspecified atom stereocenters. The zero-order valence-corrected chi connectivity index (χ0v) is 22.8. The number of nitriles is 1. The van der Waals surface area contributed by atoms with Gasteiger partial charge in [-0.15, -0.1) is 0 Å². The van der Waals surface area contributed by atoms with Gasteiger partial charge < -0.3 is 14.2 Å². The molecule has 0 radical (unpaired) electrons. The van der Waals surface area contributed by atoms with Crippen molar-refractivity contribution >= 4 is 28.9 Å². The highest BCUT2D eigenvalue weighted by Crippen LogP contribution is 2.46. The van der Waals surface area contributed by atoms with Crippen molar-refractivity contribution in [2.45, 2.75) is 44.3 Å². The number of aromatic nitrogens is 4. The Bertz CT molecular complexity index is 1690. The lowest BCUT2D eigenvalue weighted by Gasteiger charge is -2.33. The quantitative estimate of drug-likeness (QED) is 0.330. The molecule has 1 N–H and O–H groups in total. The second-order valence-corrected chi connectivity index (χ2v) is 10.7. The van der Waals surface area contributed by atoms with Crippen LogP contribution in [0.4, 0.5) is 5.69 Å². The first-order valence-corrected chi connectivity index (χ1v) is 13.7. The third-order valence-electron chi connectivity index (χ3n) is 7.32. The molecule has 4 aromatic rings. The van der Waals surface area contributed by atoms with Gasteiger partial charge in [0.05, 0.1) is 28.4 Å². The summed E-state index contributed by atoms with van der Waals surface area (Å²) in [5, 5.41) is 20.1. The first kappa shape index (κ1) is 26.3. The van der Waals surface area contributed by atoms with Gasteiger partial charge in [-0.1, -0.05) is 34.4 Å². The van der Waals surface area contributed by atoms with Crippen molar-refractivity contribution in [2.24, 2.45) is 0 Å². The summed E-state index contributed by atoms with van der Waals surface area (Å²) in [6.45, 7) is 1.92. The van der Waals surface area contributed by atoms with Gasteiger partial charge in [0.15, 0.2) is 0 Å². The van der Waals surface area contributed by atoms with E-state index in [1.165, 1.54) is 0 Å². The summed E-state index contributed by atoms with van der Waals surface area (Å²) < 4.78 is 13.0. The van der Waals surface area contributed by atoms with Crippen LogP contribution in [0.3, 0.4) is 0 Å². The van der Waals surface area contributed by atoms with E-state index in [1.54, 1.807) is 36.4 Å². The van der Waals surface area contributed by atoms with Gasteiger partial charge in [0, 0.05) is 35.8 Å². The van der Waals surface area contributed by atoms with Gasteiger partial charge in [0.25, 0.3) is 5.56 Å². The van der Waals surface area contributed by atoms with E-state index in [-0.39, 0.29) is 11.8 Å². The summed E-state index contributed by atoms with van der Waals surface area (Å²) in [7, 11) is 0. The van der Waals surface area contributed by atoms with Gasteiger partial charge in [-0.05, 0) is 62.1 Å². The zero-order chi connectivity index (χ0) is 27.8. The fraction of sp³-hybridized carbons (Fsp3) is 0.321. The number of hydrogen-bond donors (Lipinski definition) is 1. The molecular weight excluding hydrogens is 555 g/mol. The number of nitrogens with one attached hydrogen (secondary N) is 1. The minimum atomic E-state index is -0.755. The molecule has 204 valence electrons. The van der Waals surface area contributed by atoms with Crippen LogP contribution in [0.2, 0.25) is 10.0 Å². The molecule has 2 aromatic heterocycles. The van der Waals surface area contributed by atoms with Crippen molar-refractivity contribution in [1.29, 1.82) is 5.26 Å². The first-order chi connectivity index (χ1) is 19.4. The maximum absolute atomic E-state index is 12.4. The molecule has 2 aliphatic rings. The number of anilines is 1. The monoisotopic (exact) mass is 578 g/mol. The van der Waals surface area contributed by atoms with E-state index in [0.717, 1.165) is 60.4 Å². The van der Waals surface area contributed by atoms with E-state index < -0.39 is 11.2 Å². The normalized spacial score (nSPS) is 15.8. The van der Waals surface area contributed by atoms with Crippen LogP contribution in [0.5, 0.6) is 0 Å². The van der Waals surface area contributed by atoms with E-state index >= 15 is 0 Å². The third kappa shape index (κ3) is 5.04. The SMILES string of the molecule is N#Cc1n[nH]c(=O)n(-c2ccc(N3CCC(OCc4c(-c5c(Cl)cccc5Cl)noc4C4CC4)CC3)cc2)c1=O. The Labute approximate surface area is 238 Å². The number of halogens is 2. The van der Waals surface area contributed by atoms with Gasteiger partial charge in [-0.3, -0.25) is 4.79 Å². The van der Waals surface area contributed by atoms with Crippen LogP contribution in [-0.4, -0.2) is 39.1 Å². The van der Waals surface area contributed by atoms with Crippen LogP contribution in [0.15, 0.2) is 56.6 Å². The maximum atomic E-state index is 12.4. The van der Waals surface area contributed by atoms with Crippen molar-refractivity contribution in [1.82, 2.24) is 19.9 Å². The summed E-state index contributed by atoms with van der Waals surface area (Å²) in [6.07, 6.45) is 3.84. The standard InChI is InChI=1S/C28H24Cl2N6O4/c29-21-2-1-3-22(30)24(21)25-20(26(40-34-25)16-4-5-16)15-39-19-10-12-35(13-11-19)17-6-8-18(9-7-17)36-27(37)23(14-31)32-33-28(36)38/h1-3,6-9,16,19H,4-5,10-13,15H2,(H,33,38). The molecule has 1 aliphatic carbocycles. The number of benzene rings is 2. The topological polar surface area (TPSA) is 130 Å². The molecule has 3 heterocycles. The Morgan fingerprint density at radius 2 is 1.70 bits per heavy atom. The van der Waals surface area contributed by atoms with Gasteiger partial charge >= 0.3 is 5.69 Å². The Morgan fingerprint density at radius 3 is 2.35 bits per heavy atom. The lowest BCUT2D eigenvalue weighted by molar-refractivity contribution is 0.0246. The zero-order valence-electron chi connectivity index (χ0n) is 21.3. The molecule has 1 aliphatic heterocycles. The lowest BCUT2D eigenvalue weighted by atomic mass is 10.0. The Kier molecular flexibility index (Phi) is 7.19. The molecule has 12 heteroatoms. The van der Waals surface area contributed by atoms with Crippen molar-refractivity contribution < 1.29 is 9.26 Å². The molecule has 0 bridgehead atoms. The summed E-state index contributed by atoms with van der Waals surface area (Å²) in [4.78, 5) is 26.8. The van der Waals surface area contributed by atoms with Crippen molar-refractivity contribution in [3.63, 3.8) is 0 Å². The predicted molar refractivity (Wildman–Crippen MR) is 149 cm³/mol. The molecule has 0 spiro atoms. The molecule has 0 amide bonds. The van der Waals surface area contributed by atoms with E-state index in [2.05, 4.69) is 20.3 Å². The minimum Gasteiger partial charge on any atom is -0.373 e. The fourth-order valence-electron chi connectivity index (χ4n) is 5.05. The summed E-state index contributed by atoms with van der Waals surface area (Å²) in [6, 6.07) is 14.1. The van der Waals surface area contributed by atoms with Gasteiger partial charge in [0.2, 0.25) is 5.69 Å². The molecular formula is C28H24Cl2N6O4. The number of ether oxygens (including phenoxy) is 1. The Balaban J connectivity index is 1.12. The highest BCUT2D eigenvalue weighted by atomic mass is 35.5. The van der Waals surface area contributed by atoms with Crippen LogP contribution in [-0.2, 0) is 11.3 Å². The fourth-order valence-corrected chi connectivity index (χ4v) is 5.63. The van der Waals surface area contributed by atoms with Crippen LogP contribution < -0.4 is 16.1 Å². The maximum Gasteiger partial charge on any atom is 0.349 e. The molecule has 1 saturated carbocycles. The lowest BCUT2D eigenvalue weighted by Crippen LogP contribution is -2.37. The average Bonchev–Trinajstić information content (AvgIpc) is 3.73. The smallest absolute Gasteiger partial charge is 0.349 e. The van der Waals surface area contributed by atoms with E-state index in [0.29, 0.717) is 39.5 Å². The number of aromatic amines is 1. The van der Waals surface area contributed by atoms with Crippen LogP contribution in [0, 0.1) is 11.3 Å². The first-order valence-electron chi connectivity index (χ1n) is 13.0. The highest BCUT2D eigenvalue weighted by Gasteiger charge is 2.34. The molecule has 6 rings (SSSR count). The van der Waals surface area contributed by atoms with E-state index in [1.807, 2.05) is 12.1 Å². The largest absolute Gasteiger partial charge is 0.373 e. The van der Waals surface area contributed by atoms with Gasteiger partial charge in [-0.2, -0.15) is 10.4 Å². The Morgan fingerprint density at radius 1 is 1.02 bits per heavy atom. The predicted octanol–water partition coefficient (Wildman–Crippen LogP) is 4.82. The van der Waals surface area contributed by atoms with Crippen LogP contribution >= 0.6 is 23.2 Å². The molecule has 0 atom stereocenters. The van der Waals surface area contributed by atoms with E-state index in [9.17, 15) is 9.59 Å². The highest BCUT2D eigenvalue weighted by molar-refractivity contribution is 6.39. The second-order valence-electron chi connectivity index (χ2n) is 9.89. The van der Waals surface area contributed by atoms with Crippen LogP contribution in [0.25, 0.3) is 16.9 Å². The number of rotatable bonds is 7. The number of hydrogen-bond acceptors (Lipinski definition) is 8. The molecule has 2 fully saturated rings. The average molecular weight is 579 g/mol. The summed E-state index contributed by atoms with van der Waals surface area (Å²) in [5.41, 5.74) is 1.72. The summed E-state index contributed by atoms with van der Waals surface area (Å²) in [5.74, 6) is 1.22. The van der Waals surface area contributed by atoms with Crippen molar-refractivity contribution in [3.8, 4) is 23.0 Å². The van der Waals surface area contributed by atoms with Crippen molar-refractivity contribution in [2.75, 3.05) is 18.0 Å². The Hall–Kier alpha value is -3.91. The van der Waals surface area contributed by atoms with Crippen LogP contribution in [0.1, 0.15) is 48.6 Å². The summed E-state index contributed by atoms with van der Waals surface area (Å²) >= 11 is 13.0. The van der Waals surface area contributed by atoms with E-state index in [4.69, 9.17) is 37.7 Å². The number of piperidine rings is 1. The number of H-pyrrole nitrogens is 1. The molecule has 1 saturated heterocycles. The minimum absolute atomic E-state index is 0.0606. The van der Waals surface area contributed by atoms with Gasteiger partial charge in [-0.25, -0.2) is 14.5 Å². The molecule has 2 aromatic carbocycles. The molecule has 10 nitrogen and oxygen atoms in total. The number of nitrogens with zero attached hydrogens (tertiary/aromatic N) is 5. The van der Waals surface area contributed by atoms with Gasteiger partial charge in [0.1, 0.15) is 17.5 Å². The van der Waals surface area contributed by atoms with Crippen molar-refractivity contribution in [3.05, 3.63) is 90.4 Å². The second kappa shape index (κ2) is 10.9.